The van der Waals surface area contributed by atoms with Gasteiger partial charge < -0.3 is 4.74 Å². The van der Waals surface area contributed by atoms with Gasteiger partial charge in [0.15, 0.2) is 9.84 Å². The summed E-state index contributed by atoms with van der Waals surface area (Å²) in [4.78, 5) is 0.351. The molecule has 1 rings (SSSR count). The molecule has 0 aromatic heterocycles. The molecule has 0 aliphatic rings. The van der Waals surface area contributed by atoms with Gasteiger partial charge in [0, 0.05) is 0 Å². The van der Waals surface area contributed by atoms with E-state index in [-0.39, 0.29) is 5.75 Å². The molecule has 0 aliphatic carbocycles. The summed E-state index contributed by atoms with van der Waals surface area (Å²) in [7, 11) is -3.41. The Morgan fingerprint density at radius 2 is 1.52 bits per heavy atom. The highest BCUT2D eigenvalue weighted by atomic mass is 32.2. The summed E-state index contributed by atoms with van der Waals surface area (Å²) < 4.78 is 31.5. The highest BCUT2D eigenvalue weighted by Crippen LogP contribution is 2.21. The predicted molar refractivity (Wildman–Crippen MR) is 105 cm³/mol. The highest BCUT2D eigenvalue weighted by Gasteiger charge is 2.19. The van der Waals surface area contributed by atoms with Crippen LogP contribution in [0.3, 0.4) is 0 Å². The molecule has 0 saturated carbocycles. The van der Waals surface area contributed by atoms with Crippen LogP contribution in [0.15, 0.2) is 52.1 Å². The Kier molecular flexibility index (Phi) is 8.98. The van der Waals surface area contributed by atoms with Crippen molar-refractivity contribution in [1.82, 2.24) is 0 Å². The van der Waals surface area contributed by atoms with E-state index in [9.17, 15) is 8.42 Å². The monoisotopic (exact) mass is 364 g/mol. The van der Waals surface area contributed by atoms with Crippen molar-refractivity contribution < 1.29 is 13.2 Å². The molecule has 0 radical (unpaired) electrons. The third-order valence-corrected chi connectivity index (χ3v) is 6.12. The second kappa shape index (κ2) is 10.4. The molecule has 0 spiro atoms. The standard InChI is InChI=1S/C21H32O3S/c1-6-18(7-2)14-15-24-21(19(8-3)9-4)16-25(22,23)20-12-10-17(5)11-13-20/h10-14H,6-9,15-16H2,1-5H3. The van der Waals surface area contributed by atoms with Crippen LogP contribution in [0.5, 0.6) is 0 Å². The van der Waals surface area contributed by atoms with Gasteiger partial charge in [0.25, 0.3) is 0 Å². The maximum atomic E-state index is 12.8. The van der Waals surface area contributed by atoms with E-state index in [1.54, 1.807) is 12.1 Å². The van der Waals surface area contributed by atoms with Crippen LogP contribution in [-0.2, 0) is 14.6 Å². The van der Waals surface area contributed by atoms with Crippen molar-refractivity contribution in [3.05, 3.63) is 52.8 Å². The van der Waals surface area contributed by atoms with Gasteiger partial charge in [-0.2, -0.15) is 0 Å². The van der Waals surface area contributed by atoms with Crippen molar-refractivity contribution in [2.75, 3.05) is 12.4 Å². The molecule has 25 heavy (non-hydrogen) atoms. The second-order valence-electron chi connectivity index (χ2n) is 6.19. The summed E-state index contributed by atoms with van der Waals surface area (Å²) in [6, 6.07) is 7.00. The Morgan fingerprint density at radius 1 is 0.960 bits per heavy atom. The molecule has 0 amide bonds. The number of allylic oxidation sites excluding steroid dienone is 2. The van der Waals surface area contributed by atoms with Crippen molar-refractivity contribution in [3.8, 4) is 0 Å². The minimum absolute atomic E-state index is 0.0749. The van der Waals surface area contributed by atoms with E-state index >= 15 is 0 Å². The second-order valence-corrected chi connectivity index (χ2v) is 8.18. The zero-order valence-corrected chi connectivity index (χ0v) is 17.1. The fourth-order valence-corrected chi connectivity index (χ4v) is 4.04. The third kappa shape index (κ3) is 6.69. The molecule has 0 unspecified atom stereocenters. The van der Waals surface area contributed by atoms with E-state index in [1.165, 1.54) is 5.57 Å². The molecule has 140 valence electrons. The smallest absolute Gasteiger partial charge is 0.185 e. The molecule has 1 aromatic rings. The Morgan fingerprint density at radius 3 is 2.00 bits per heavy atom. The normalized spacial score (nSPS) is 11.1. The summed E-state index contributed by atoms with van der Waals surface area (Å²) in [6.07, 6.45) is 5.66. The lowest BCUT2D eigenvalue weighted by molar-refractivity contribution is 0.243. The number of aryl methyl sites for hydroxylation is 1. The number of ether oxygens (including phenoxy) is 1. The van der Waals surface area contributed by atoms with Crippen LogP contribution >= 0.6 is 0 Å². The van der Waals surface area contributed by atoms with Gasteiger partial charge >= 0.3 is 0 Å². The average molecular weight is 365 g/mol. The molecule has 0 heterocycles. The van der Waals surface area contributed by atoms with Crippen molar-refractivity contribution in [2.24, 2.45) is 0 Å². The van der Waals surface area contributed by atoms with Gasteiger partial charge in [-0.25, -0.2) is 8.42 Å². The van der Waals surface area contributed by atoms with E-state index in [0.29, 0.717) is 17.3 Å². The van der Waals surface area contributed by atoms with Gasteiger partial charge in [0.05, 0.1) is 4.90 Å². The molecule has 0 fully saturated rings. The zero-order chi connectivity index (χ0) is 18.9. The molecular formula is C21H32O3S. The number of rotatable bonds is 10. The molecule has 0 N–H and O–H groups in total. The number of hydrogen-bond donors (Lipinski definition) is 0. The van der Waals surface area contributed by atoms with Crippen molar-refractivity contribution in [1.29, 1.82) is 0 Å². The van der Waals surface area contributed by atoms with E-state index < -0.39 is 9.84 Å². The molecule has 0 aliphatic heterocycles. The maximum Gasteiger partial charge on any atom is 0.185 e. The zero-order valence-electron chi connectivity index (χ0n) is 16.3. The first-order valence-electron chi connectivity index (χ1n) is 9.18. The summed E-state index contributed by atoms with van der Waals surface area (Å²) >= 11 is 0. The first-order valence-corrected chi connectivity index (χ1v) is 10.8. The third-order valence-electron chi connectivity index (χ3n) is 4.49. The van der Waals surface area contributed by atoms with Gasteiger partial charge in [0.2, 0.25) is 0 Å². The fraction of sp³-hybridized carbons (Fsp3) is 0.524. The molecule has 0 atom stereocenters. The molecule has 0 saturated heterocycles. The SMILES string of the molecule is CCC(=CCOC(CS(=O)(=O)c1ccc(C)cc1)=C(CC)CC)CC. The van der Waals surface area contributed by atoms with E-state index in [1.807, 2.05) is 32.9 Å². The lowest BCUT2D eigenvalue weighted by Gasteiger charge is -2.15. The van der Waals surface area contributed by atoms with Crippen LogP contribution in [0.2, 0.25) is 0 Å². The van der Waals surface area contributed by atoms with Crippen molar-refractivity contribution in [3.63, 3.8) is 0 Å². The summed E-state index contributed by atoms with van der Waals surface area (Å²) in [5.41, 5.74) is 3.44. The number of sulfone groups is 1. The Hall–Kier alpha value is -1.55. The molecule has 1 aromatic carbocycles. The van der Waals surface area contributed by atoms with Crippen molar-refractivity contribution >= 4 is 9.84 Å². The largest absolute Gasteiger partial charge is 0.493 e. The summed E-state index contributed by atoms with van der Waals surface area (Å²) in [5, 5.41) is 0. The van der Waals surface area contributed by atoms with Crippen LogP contribution in [0, 0.1) is 6.92 Å². The van der Waals surface area contributed by atoms with Crippen LogP contribution in [0.4, 0.5) is 0 Å². The van der Waals surface area contributed by atoms with Gasteiger partial charge in [-0.3, -0.25) is 0 Å². The van der Waals surface area contributed by atoms with Gasteiger partial charge in [0.1, 0.15) is 18.1 Å². The minimum atomic E-state index is -3.41. The topological polar surface area (TPSA) is 43.4 Å². The van der Waals surface area contributed by atoms with Crippen LogP contribution < -0.4 is 0 Å². The summed E-state index contributed by atoms with van der Waals surface area (Å²) in [6.45, 7) is 10.7. The first-order chi connectivity index (χ1) is 11.9. The van der Waals surface area contributed by atoms with E-state index in [0.717, 1.165) is 36.8 Å². The maximum absolute atomic E-state index is 12.8. The molecular weight excluding hydrogens is 332 g/mol. The predicted octanol–water partition coefficient (Wildman–Crippen LogP) is 5.61. The lowest BCUT2D eigenvalue weighted by atomic mass is 10.1. The minimum Gasteiger partial charge on any atom is -0.493 e. The molecule has 0 bridgehead atoms. The van der Waals surface area contributed by atoms with E-state index in [4.69, 9.17) is 4.74 Å². The van der Waals surface area contributed by atoms with E-state index in [2.05, 4.69) is 19.9 Å². The highest BCUT2D eigenvalue weighted by molar-refractivity contribution is 7.91. The fourth-order valence-electron chi connectivity index (χ4n) is 2.69. The molecule has 4 heteroatoms. The lowest BCUT2D eigenvalue weighted by Crippen LogP contribution is -2.13. The molecule has 3 nitrogen and oxygen atoms in total. The Bertz CT molecular complexity index is 683. The van der Waals surface area contributed by atoms with Crippen LogP contribution in [0.25, 0.3) is 0 Å². The van der Waals surface area contributed by atoms with Crippen LogP contribution in [0.1, 0.15) is 58.9 Å². The van der Waals surface area contributed by atoms with Crippen LogP contribution in [-0.4, -0.2) is 20.8 Å². The average Bonchev–Trinajstić information content (AvgIpc) is 2.59. The quantitative estimate of drug-likeness (QED) is 0.400. The van der Waals surface area contributed by atoms with Gasteiger partial charge in [-0.1, -0.05) is 51.0 Å². The number of benzene rings is 1. The first kappa shape index (κ1) is 21.5. The van der Waals surface area contributed by atoms with Gasteiger partial charge in [-0.05, 0) is 56.4 Å². The summed E-state index contributed by atoms with van der Waals surface area (Å²) in [5.74, 6) is 0.530. The van der Waals surface area contributed by atoms with Gasteiger partial charge in [-0.15, -0.1) is 0 Å². The Labute approximate surface area is 153 Å². The van der Waals surface area contributed by atoms with Crippen molar-refractivity contribution in [2.45, 2.75) is 65.2 Å². The Balaban J connectivity index is 3.03. The number of hydrogen-bond acceptors (Lipinski definition) is 3.